The molecule has 0 aromatic heterocycles. The number of rotatable bonds is 8. The van der Waals surface area contributed by atoms with E-state index in [-0.39, 0.29) is 11.8 Å². The molecule has 2 aromatic carbocycles. The Bertz CT molecular complexity index is 763. The second-order valence-corrected chi connectivity index (χ2v) is 9.61. The fourth-order valence-electron chi connectivity index (χ4n) is 3.41. The molecule has 6 heteroatoms. The number of nitrogens with zero attached hydrogens (tertiary/aromatic N) is 1. The van der Waals surface area contributed by atoms with Crippen molar-refractivity contribution in [2.45, 2.75) is 25.1 Å². The van der Waals surface area contributed by atoms with Gasteiger partial charge in [-0.2, -0.15) is 11.8 Å². The summed E-state index contributed by atoms with van der Waals surface area (Å²) in [7, 11) is 0. The predicted molar refractivity (Wildman–Crippen MR) is 123 cm³/mol. The summed E-state index contributed by atoms with van der Waals surface area (Å²) >= 11 is 11.3. The van der Waals surface area contributed by atoms with Crippen LogP contribution in [0, 0.1) is 5.92 Å². The fraction of sp³-hybridized carbons (Fsp3) is 0.409. The summed E-state index contributed by atoms with van der Waals surface area (Å²) in [6.07, 6.45) is 1.88. The van der Waals surface area contributed by atoms with Crippen LogP contribution in [-0.4, -0.2) is 36.2 Å². The number of carbonyl (C=O) groups is 1. The number of thioether (sulfide) groups is 1. The Morgan fingerprint density at radius 2 is 1.89 bits per heavy atom. The van der Waals surface area contributed by atoms with Gasteiger partial charge in [0.05, 0.1) is 0 Å². The van der Waals surface area contributed by atoms with Crippen LogP contribution in [0.1, 0.15) is 24.0 Å². The molecule has 150 valence electrons. The van der Waals surface area contributed by atoms with Crippen LogP contribution in [0.25, 0.3) is 0 Å². The smallest absolute Gasteiger partial charge is 0.223 e. The Morgan fingerprint density at radius 1 is 1.14 bits per heavy atom. The number of carbonyl (C=O) groups excluding carboxylic acids is 1. The van der Waals surface area contributed by atoms with Crippen LogP contribution in [0.4, 0.5) is 0 Å². The molecular formula is C22H26BrClN2OS. The molecule has 1 fully saturated rings. The van der Waals surface area contributed by atoms with Crippen molar-refractivity contribution in [3.8, 4) is 0 Å². The normalized spacial score (nSPS) is 15.5. The molecule has 28 heavy (non-hydrogen) atoms. The van der Waals surface area contributed by atoms with Gasteiger partial charge < -0.3 is 5.32 Å². The first-order valence-corrected chi connectivity index (χ1v) is 12.0. The van der Waals surface area contributed by atoms with E-state index < -0.39 is 0 Å². The van der Waals surface area contributed by atoms with Gasteiger partial charge >= 0.3 is 0 Å². The molecule has 3 rings (SSSR count). The minimum absolute atomic E-state index is 0.153. The van der Waals surface area contributed by atoms with Gasteiger partial charge in [-0.15, -0.1) is 0 Å². The summed E-state index contributed by atoms with van der Waals surface area (Å²) in [5, 5.41) is 3.88. The van der Waals surface area contributed by atoms with Crippen LogP contribution in [0.5, 0.6) is 0 Å². The molecule has 0 aliphatic carbocycles. The number of hydrogen-bond acceptors (Lipinski definition) is 3. The Balaban J connectivity index is 1.30. The number of hydrogen-bond donors (Lipinski definition) is 1. The van der Waals surface area contributed by atoms with Gasteiger partial charge in [-0.05, 0) is 61.3 Å². The van der Waals surface area contributed by atoms with Gasteiger partial charge in [0.1, 0.15) is 0 Å². The minimum atomic E-state index is 0.153. The molecule has 1 aliphatic rings. The number of benzene rings is 2. The first-order chi connectivity index (χ1) is 13.6. The summed E-state index contributed by atoms with van der Waals surface area (Å²) in [5.41, 5.74) is 2.58. The first-order valence-electron chi connectivity index (χ1n) is 9.67. The molecule has 1 saturated heterocycles. The molecule has 0 radical (unpaired) electrons. The molecule has 3 nitrogen and oxygen atoms in total. The van der Waals surface area contributed by atoms with E-state index in [0.29, 0.717) is 0 Å². The summed E-state index contributed by atoms with van der Waals surface area (Å²) in [4.78, 5) is 14.9. The van der Waals surface area contributed by atoms with Crippen molar-refractivity contribution >= 4 is 45.2 Å². The number of likely N-dealkylation sites (tertiary alicyclic amines) is 1. The second-order valence-electron chi connectivity index (χ2n) is 7.15. The van der Waals surface area contributed by atoms with E-state index in [1.165, 1.54) is 11.1 Å². The number of piperidine rings is 1. The molecule has 0 bridgehead atoms. The average molecular weight is 482 g/mol. The lowest BCUT2D eigenvalue weighted by molar-refractivity contribution is -0.126. The third kappa shape index (κ3) is 7.11. The van der Waals surface area contributed by atoms with Crippen LogP contribution in [0.15, 0.2) is 53.0 Å². The van der Waals surface area contributed by atoms with Gasteiger partial charge in [0.2, 0.25) is 5.91 Å². The molecule has 0 unspecified atom stereocenters. The molecule has 2 aromatic rings. The summed E-state index contributed by atoms with van der Waals surface area (Å²) in [5.74, 6) is 2.24. The summed E-state index contributed by atoms with van der Waals surface area (Å²) in [6, 6.07) is 16.4. The predicted octanol–water partition coefficient (Wildman–Crippen LogP) is 5.36. The van der Waals surface area contributed by atoms with E-state index in [9.17, 15) is 4.79 Å². The van der Waals surface area contributed by atoms with Gasteiger partial charge in [-0.1, -0.05) is 51.8 Å². The maximum atomic E-state index is 12.4. The van der Waals surface area contributed by atoms with Crippen LogP contribution >= 0.6 is 39.3 Å². The van der Waals surface area contributed by atoms with Crippen LogP contribution in [-0.2, 0) is 17.1 Å². The lowest BCUT2D eigenvalue weighted by Crippen LogP contribution is -2.40. The van der Waals surface area contributed by atoms with E-state index in [1.54, 1.807) is 0 Å². The van der Waals surface area contributed by atoms with E-state index in [4.69, 9.17) is 11.6 Å². The summed E-state index contributed by atoms with van der Waals surface area (Å²) < 4.78 is 1.12. The zero-order valence-electron chi connectivity index (χ0n) is 15.9. The zero-order valence-corrected chi connectivity index (χ0v) is 19.0. The number of halogens is 2. The minimum Gasteiger partial charge on any atom is -0.355 e. The molecule has 0 atom stereocenters. The maximum Gasteiger partial charge on any atom is 0.223 e. The van der Waals surface area contributed by atoms with E-state index in [1.807, 2.05) is 30.0 Å². The monoisotopic (exact) mass is 480 g/mol. The van der Waals surface area contributed by atoms with Gasteiger partial charge in [0, 0.05) is 40.0 Å². The molecule has 0 spiro atoms. The van der Waals surface area contributed by atoms with E-state index in [0.717, 1.165) is 60.0 Å². The van der Waals surface area contributed by atoms with Crippen LogP contribution in [0.2, 0.25) is 5.02 Å². The van der Waals surface area contributed by atoms with E-state index >= 15 is 0 Å². The summed E-state index contributed by atoms with van der Waals surface area (Å²) in [6.45, 7) is 3.65. The second kappa shape index (κ2) is 11.2. The van der Waals surface area contributed by atoms with Crippen molar-refractivity contribution in [1.82, 2.24) is 10.2 Å². The van der Waals surface area contributed by atoms with Gasteiger partial charge in [0.25, 0.3) is 0 Å². The zero-order chi connectivity index (χ0) is 19.8. The lowest BCUT2D eigenvalue weighted by Gasteiger charge is -2.31. The standard InChI is InChI=1S/C22H26BrClN2OS/c23-20-3-1-2-18(14-20)15-26-11-8-19(9-12-26)22(27)25-10-13-28-16-17-4-6-21(24)7-5-17/h1-7,14,19H,8-13,15-16H2,(H,25,27). The Morgan fingerprint density at radius 3 is 2.61 bits per heavy atom. The molecule has 1 heterocycles. The first kappa shape index (κ1) is 21.7. The molecule has 0 saturated carbocycles. The van der Waals surface area contributed by atoms with Crippen molar-refractivity contribution in [3.05, 3.63) is 69.2 Å². The maximum absolute atomic E-state index is 12.4. The largest absolute Gasteiger partial charge is 0.355 e. The highest BCUT2D eigenvalue weighted by molar-refractivity contribution is 9.10. The molecular weight excluding hydrogens is 456 g/mol. The van der Waals surface area contributed by atoms with E-state index in [2.05, 4.69) is 56.5 Å². The average Bonchev–Trinajstić information content (AvgIpc) is 2.69. The Labute approximate surface area is 185 Å². The van der Waals surface area contributed by atoms with Gasteiger partial charge in [0.15, 0.2) is 0 Å². The molecule has 1 N–H and O–H groups in total. The number of amides is 1. The fourth-order valence-corrected chi connectivity index (χ4v) is 4.80. The Kier molecular flexibility index (Phi) is 8.71. The van der Waals surface area contributed by atoms with Gasteiger partial charge in [-0.3, -0.25) is 9.69 Å². The molecule has 1 aliphatic heterocycles. The number of nitrogens with one attached hydrogen (secondary N) is 1. The van der Waals surface area contributed by atoms with Crippen molar-refractivity contribution < 1.29 is 4.79 Å². The van der Waals surface area contributed by atoms with Crippen molar-refractivity contribution in [2.24, 2.45) is 5.92 Å². The van der Waals surface area contributed by atoms with Gasteiger partial charge in [-0.25, -0.2) is 0 Å². The lowest BCUT2D eigenvalue weighted by atomic mass is 9.95. The third-order valence-corrected chi connectivity index (χ3v) is 6.76. The highest BCUT2D eigenvalue weighted by Crippen LogP contribution is 2.21. The highest BCUT2D eigenvalue weighted by atomic mass is 79.9. The van der Waals surface area contributed by atoms with Crippen molar-refractivity contribution in [3.63, 3.8) is 0 Å². The quantitative estimate of drug-likeness (QED) is 0.515. The Hall–Kier alpha value is -1.01. The molecule has 1 amide bonds. The SMILES string of the molecule is O=C(NCCSCc1ccc(Cl)cc1)C1CCN(Cc2cccc(Br)c2)CC1. The third-order valence-electron chi connectivity index (χ3n) is 4.98. The topological polar surface area (TPSA) is 32.3 Å². The van der Waals surface area contributed by atoms with Crippen molar-refractivity contribution in [1.29, 1.82) is 0 Å². The van der Waals surface area contributed by atoms with Crippen LogP contribution < -0.4 is 5.32 Å². The van der Waals surface area contributed by atoms with Crippen molar-refractivity contribution in [2.75, 3.05) is 25.4 Å². The van der Waals surface area contributed by atoms with Crippen LogP contribution in [0.3, 0.4) is 0 Å². The highest BCUT2D eigenvalue weighted by Gasteiger charge is 2.24.